The minimum Gasteiger partial charge on any atom is -0.468 e. The van der Waals surface area contributed by atoms with Gasteiger partial charge in [-0.05, 0) is 37.4 Å². The lowest BCUT2D eigenvalue weighted by Crippen LogP contribution is -2.42. The maximum absolute atomic E-state index is 9.88. The standard InChI is InChI=1S/C16H27NO2/c1-3-17(11-15-7-5-9-19-15)12-16(13-18)8-4-6-14(2)10-16/h5,7,9,14,18H,3-4,6,8,10-13H2,1-2H3. The van der Waals surface area contributed by atoms with E-state index >= 15 is 0 Å². The Kier molecular flexibility index (Phi) is 5.06. The summed E-state index contributed by atoms with van der Waals surface area (Å²) in [6.07, 6.45) is 6.60. The predicted octanol–water partition coefficient (Wildman–Crippen LogP) is 3.29. The van der Waals surface area contributed by atoms with Crippen molar-refractivity contribution in [1.82, 2.24) is 4.90 Å². The fourth-order valence-electron chi connectivity index (χ4n) is 3.48. The average Bonchev–Trinajstić information content (AvgIpc) is 2.91. The van der Waals surface area contributed by atoms with E-state index < -0.39 is 0 Å². The first-order chi connectivity index (χ1) is 9.17. The van der Waals surface area contributed by atoms with Crippen LogP contribution in [0.5, 0.6) is 0 Å². The van der Waals surface area contributed by atoms with Gasteiger partial charge >= 0.3 is 0 Å². The van der Waals surface area contributed by atoms with Crippen molar-refractivity contribution < 1.29 is 9.52 Å². The van der Waals surface area contributed by atoms with Crippen LogP contribution in [0.3, 0.4) is 0 Å². The first-order valence-electron chi connectivity index (χ1n) is 7.53. The van der Waals surface area contributed by atoms with Gasteiger partial charge in [-0.2, -0.15) is 0 Å². The molecule has 3 nitrogen and oxygen atoms in total. The number of hydrogen-bond donors (Lipinski definition) is 1. The van der Waals surface area contributed by atoms with Crippen LogP contribution in [0.4, 0.5) is 0 Å². The highest BCUT2D eigenvalue weighted by Gasteiger charge is 2.35. The van der Waals surface area contributed by atoms with E-state index in [4.69, 9.17) is 4.42 Å². The molecule has 19 heavy (non-hydrogen) atoms. The molecule has 108 valence electrons. The van der Waals surface area contributed by atoms with Crippen molar-refractivity contribution in [2.75, 3.05) is 19.7 Å². The molecule has 1 aromatic heterocycles. The number of nitrogens with zero attached hydrogens (tertiary/aromatic N) is 1. The third kappa shape index (κ3) is 3.83. The van der Waals surface area contributed by atoms with Crippen molar-refractivity contribution in [3.8, 4) is 0 Å². The largest absolute Gasteiger partial charge is 0.468 e. The Morgan fingerprint density at radius 3 is 2.95 bits per heavy atom. The van der Waals surface area contributed by atoms with E-state index in [-0.39, 0.29) is 5.41 Å². The first-order valence-corrected chi connectivity index (χ1v) is 7.53. The second kappa shape index (κ2) is 6.58. The minimum atomic E-state index is 0.0975. The Hall–Kier alpha value is -0.800. The van der Waals surface area contributed by atoms with Crippen LogP contribution in [0.15, 0.2) is 22.8 Å². The second-order valence-electron chi connectivity index (χ2n) is 6.24. The molecule has 1 saturated carbocycles. The van der Waals surface area contributed by atoms with Crippen molar-refractivity contribution in [1.29, 1.82) is 0 Å². The van der Waals surface area contributed by atoms with Crippen LogP contribution in [-0.2, 0) is 6.54 Å². The van der Waals surface area contributed by atoms with Gasteiger partial charge in [0.2, 0.25) is 0 Å². The zero-order chi connectivity index (χ0) is 13.7. The number of aliphatic hydroxyl groups excluding tert-OH is 1. The lowest BCUT2D eigenvalue weighted by Gasteiger charge is -2.41. The quantitative estimate of drug-likeness (QED) is 0.857. The number of hydrogen-bond acceptors (Lipinski definition) is 3. The molecule has 0 amide bonds. The molecule has 2 rings (SSSR count). The lowest BCUT2D eigenvalue weighted by atomic mass is 9.70. The smallest absolute Gasteiger partial charge is 0.117 e. The molecule has 0 radical (unpaired) electrons. The van der Waals surface area contributed by atoms with Crippen LogP contribution in [0, 0.1) is 11.3 Å². The van der Waals surface area contributed by atoms with E-state index in [0.717, 1.165) is 44.2 Å². The number of furan rings is 1. The molecule has 0 aliphatic heterocycles. The summed E-state index contributed by atoms with van der Waals surface area (Å²) in [6, 6.07) is 3.96. The van der Waals surface area contributed by atoms with Crippen LogP contribution in [0.2, 0.25) is 0 Å². The van der Waals surface area contributed by atoms with E-state index in [0.29, 0.717) is 6.61 Å². The van der Waals surface area contributed by atoms with Gasteiger partial charge in [0, 0.05) is 18.6 Å². The van der Waals surface area contributed by atoms with Gasteiger partial charge in [-0.3, -0.25) is 4.90 Å². The Morgan fingerprint density at radius 2 is 2.37 bits per heavy atom. The monoisotopic (exact) mass is 265 g/mol. The second-order valence-corrected chi connectivity index (χ2v) is 6.24. The molecule has 1 aliphatic rings. The van der Waals surface area contributed by atoms with Gasteiger partial charge in [0.1, 0.15) is 5.76 Å². The zero-order valence-corrected chi connectivity index (χ0v) is 12.3. The van der Waals surface area contributed by atoms with E-state index in [1.54, 1.807) is 6.26 Å². The summed E-state index contributed by atoms with van der Waals surface area (Å²) in [5.74, 6) is 1.75. The van der Waals surface area contributed by atoms with Gasteiger partial charge in [-0.1, -0.05) is 26.7 Å². The maximum Gasteiger partial charge on any atom is 0.117 e. The van der Waals surface area contributed by atoms with Gasteiger partial charge in [0.15, 0.2) is 0 Å². The number of aliphatic hydroxyl groups is 1. The molecule has 0 bridgehead atoms. The summed E-state index contributed by atoms with van der Waals surface area (Å²) < 4.78 is 5.44. The fraction of sp³-hybridized carbons (Fsp3) is 0.750. The predicted molar refractivity (Wildman–Crippen MR) is 76.8 cm³/mol. The summed E-state index contributed by atoms with van der Waals surface area (Å²) in [6.45, 7) is 7.63. The summed E-state index contributed by atoms with van der Waals surface area (Å²) in [7, 11) is 0. The molecular formula is C16H27NO2. The molecule has 0 saturated heterocycles. The first kappa shape index (κ1) is 14.6. The molecule has 1 aromatic rings. The highest BCUT2D eigenvalue weighted by molar-refractivity contribution is 4.98. The molecule has 2 unspecified atom stereocenters. The Labute approximate surface area is 116 Å². The third-order valence-electron chi connectivity index (χ3n) is 4.49. The topological polar surface area (TPSA) is 36.6 Å². The van der Waals surface area contributed by atoms with E-state index in [2.05, 4.69) is 18.7 Å². The molecule has 2 atom stereocenters. The zero-order valence-electron chi connectivity index (χ0n) is 12.3. The summed E-state index contributed by atoms with van der Waals surface area (Å²) in [5.41, 5.74) is 0.0975. The minimum absolute atomic E-state index is 0.0975. The molecular weight excluding hydrogens is 238 g/mol. The summed E-state index contributed by atoms with van der Waals surface area (Å²) >= 11 is 0. The Morgan fingerprint density at radius 1 is 1.53 bits per heavy atom. The summed E-state index contributed by atoms with van der Waals surface area (Å²) in [5, 5.41) is 9.88. The van der Waals surface area contributed by atoms with Gasteiger partial charge in [-0.25, -0.2) is 0 Å². The van der Waals surface area contributed by atoms with Crippen molar-refractivity contribution >= 4 is 0 Å². The normalized spacial score (nSPS) is 27.9. The highest BCUT2D eigenvalue weighted by atomic mass is 16.3. The van der Waals surface area contributed by atoms with E-state index in [1.807, 2.05) is 12.1 Å². The van der Waals surface area contributed by atoms with Crippen LogP contribution in [0.1, 0.15) is 45.3 Å². The van der Waals surface area contributed by atoms with E-state index in [9.17, 15) is 5.11 Å². The van der Waals surface area contributed by atoms with Gasteiger partial charge in [-0.15, -0.1) is 0 Å². The molecule has 3 heteroatoms. The molecule has 1 aliphatic carbocycles. The Bertz CT molecular complexity index is 363. The van der Waals surface area contributed by atoms with Gasteiger partial charge < -0.3 is 9.52 Å². The summed E-state index contributed by atoms with van der Waals surface area (Å²) in [4.78, 5) is 2.40. The van der Waals surface area contributed by atoms with Crippen molar-refractivity contribution in [3.63, 3.8) is 0 Å². The molecule has 1 heterocycles. The third-order valence-corrected chi connectivity index (χ3v) is 4.49. The molecule has 1 N–H and O–H groups in total. The Balaban J connectivity index is 1.98. The van der Waals surface area contributed by atoms with Crippen LogP contribution in [-0.4, -0.2) is 29.7 Å². The lowest BCUT2D eigenvalue weighted by molar-refractivity contribution is 0.0213. The fourth-order valence-corrected chi connectivity index (χ4v) is 3.48. The average molecular weight is 265 g/mol. The van der Waals surface area contributed by atoms with E-state index in [1.165, 1.54) is 12.8 Å². The highest BCUT2D eigenvalue weighted by Crippen LogP contribution is 2.39. The maximum atomic E-state index is 9.88. The van der Waals surface area contributed by atoms with Crippen LogP contribution >= 0.6 is 0 Å². The van der Waals surface area contributed by atoms with Crippen LogP contribution in [0.25, 0.3) is 0 Å². The van der Waals surface area contributed by atoms with Crippen molar-refractivity contribution in [2.24, 2.45) is 11.3 Å². The van der Waals surface area contributed by atoms with Crippen LogP contribution < -0.4 is 0 Å². The SMILES string of the molecule is CCN(Cc1ccco1)CC1(CO)CCCC(C)C1. The van der Waals surface area contributed by atoms with Gasteiger partial charge in [0.25, 0.3) is 0 Å². The number of rotatable bonds is 6. The van der Waals surface area contributed by atoms with Crippen molar-refractivity contribution in [3.05, 3.63) is 24.2 Å². The molecule has 0 aromatic carbocycles. The molecule has 1 fully saturated rings. The molecule has 0 spiro atoms. The van der Waals surface area contributed by atoms with Crippen molar-refractivity contribution in [2.45, 2.75) is 46.1 Å². The van der Waals surface area contributed by atoms with Gasteiger partial charge in [0.05, 0.1) is 12.8 Å².